The van der Waals surface area contributed by atoms with Crippen LogP contribution in [0.5, 0.6) is 11.5 Å². The SMILES string of the molecule is O=C(C1=C(c2ccc(OCCOc3c(Cl)cccc3Cl)cc2)CCN[C@@H]1CO)N(Cc1cccc(Cl)c1Cl)C1CC1. The molecule has 1 aliphatic heterocycles. The van der Waals surface area contributed by atoms with Gasteiger partial charge in [0.1, 0.15) is 19.0 Å². The first kappa shape index (κ1) is 30.0. The third-order valence-electron chi connectivity index (χ3n) is 7.19. The highest BCUT2D eigenvalue weighted by Gasteiger charge is 2.38. The number of halogens is 4. The van der Waals surface area contributed by atoms with Gasteiger partial charge in [-0.05, 0) is 72.8 Å². The van der Waals surface area contributed by atoms with Gasteiger partial charge in [-0.2, -0.15) is 0 Å². The van der Waals surface area contributed by atoms with Crippen molar-refractivity contribution < 1.29 is 19.4 Å². The van der Waals surface area contributed by atoms with Crippen molar-refractivity contribution in [3.8, 4) is 11.5 Å². The van der Waals surface area contributed by atoms with Gasteiger partial charge in [-0.1, -0.05) is 76.7 Å². The minimum absolute atomic E-state index is 0.0968. The Bertz CT molecular complexity index is 1410. The van der Waals surface area contributed by atoms with Gasteiger partial charge in [0.05, 0.1) is 32.7 Å². The minimum Gasteiger partial charge on any atom is -0.490 e. The highest BCUT2D eigenvalue weighted by atomic mass is 35.5. The summed E-state index contributed by atoms with van der Waals surface area (Å²) in [4.78, 5) is 16.0. The number of aliphatic hydroxyl groups is 1. The normalized spacial score (nSPS) is 17.0. The molecule has 2 N–H and O–H groups in total. The van der Waals surface area contributed by atoms with E-state index in [0.29, 0.717) is 63.3 Å². The lowest BCUT2D eigenvalue weighted by Crippen LogP contribution is -2.46. The lowest BCUT2D eigenvalue weighted by molar-refractivity contribution is -0.128. The maximum Gasteiger partial charge on any atom is 0.252 e. The standard InChI is InChI=1S/C31H30Cl4N2O4/c32-24-4-1-3-20(29(24)35)17-37(21-9-10-21)31(39)28-23(13-14-36-27(28)18-38)19-7-11-22(12-8-19)40-15-16-41-30-25(33)5-2-6-26(30)34/h1-8,11-12,21,27,36,38H,9-10,13-18H2/t27-/m1/s1. The molecule has 10 heteroatoms. The highest BCUT2D eigenvalue weighted by molar-refractivity contribution is 6.42. The number of amides is 1. The molecule has 0 bridgehead atoms. The van der Waals surface area contributed by atoms with E-state index in [-0.39, 0.29) is 25.2 Å². The molecule has 216 valence electrons. The van der Waals surface area contributed by atoms with Crippen LogP contribution in [-0.4, -0.2) is 54.4 Å². The Balaban J connectivity index is 1.32. The molecule has 1 aliphatic carbocycles. The lowest BCUT2D eigenvalue weighted by atomic mass is 9.88. The van der Waals surface area contributed by atoms with Crippen molar-refractivity contribution in [1.29, 1.82) is 0 Å². The highest BCUT2D eigenvalue weighted by Crippen LogP contribution is 2.37. The number of carbonyl (C=O) groups excluding carboxylic acids is 1. The van der Waals surface area contributed by atoms with Crippen molar-refractivity contribution >= 4 is 57.9 Å². The molecule has 1 amide bonds. The number of carbonyl (C=O) groups is 1. The van der Waals surface area contributed by atoms with Crippen molar-refractivity contribution in [3.63, 3.8) is 0 Å². The predicted octanol–water partition coefficient (Wildman–Crippen LogP) is 7.06. The molecule has 1 heterocycles. The molecule has 3 aromatic rings. The summed E-state index contributed by atoms with van der Waals surface area (Å²) in [5, 5.41) is 15.3. The van der Waals surface area contributed by atoms with Gasteiger partial charge in [0.2, 0.25) is 0 Å². The lowest BCUT2D eigenvalue weighted by Gasteiger charge is -2.33. The molecule has 41 heavy (non-hydrogen) atoms. The first-order valence-electron chi connectivity index (χ1n) is 13.5. The summed E-state index contributed by atoms with van der Waals surface area (Å²) in [6.45, 7) is 1.39. The molecule has 0 aromatic heterocycles. The van der Waals surface area contributed by atoms with Crippen molar-refractivity contribution in [1.82, 2.24) is 10.2 Å². The second-order valence-electron chi connectivity index (χ2n) is 9.98. The van der Waals surface area contributed by atoms with Crippen LogP contribution in [0.4, 0.5) is 0 Å². The Morgan fingerprint density at radius 1 is 0.902 bits per heavy atom. The van der Waals surface area contributed by atoms with Crippen LogP contribution in [0.1, 0.15) is 30.4 Å². The fourth-order valence-corrected chi connectivity index (χ4v) is 5.88. The summed E-state index contributed by atoms with van der Waals surface area (Å²) in [5.74, 6) is 1.00. The molecule has 3 aromatic carbocycles. The third kappa shape index (κ3) is 7.14. The van der Waals surface area contributed by atoms with Crippen LogP contribution < -0.4 is 14.8 Å². The number of ether oxygens (including phenoxy) is 2. The van der Waals surface area contributed by atoms with E-state index in [1.54, 1.807) is 24.3 Å². The van der Waals surface area contributed by atoms with E-state index in [1.807, 2.05) is 41.3 Å². The van der Waals surface area contributed by atoms with Gasteiger partial charge in [0, 0.05) is 18.2 Å². The topological polar surface area (TPSA) is 71.0 Å². The zero-order valence-electron chi connectivity index (χ0n) is 22.2. The molecule has 5 rings (SSSR count). The Labute approximate surface area is 259 Å². The zero-order valence-corrected chi connectivity index (χ0v) is 25.2. The fourth-order valence-electron chi connectivity index (χ4n) is 4.99. The number of hydrogen-bond acceptors (Lipinski definition) is 5. The Morgan fingerprint density at radius 2 is 1.56 bits per heavy atom. The molecular formula is C31H30Cl4N2O4. The minimum atomic E-state index is -0.466. The van der Waals surface area contributed by atoms with Gasteiger partial charge < -0.3 is 24.8 Å². The van der Waals surface area contributed by atoms with Gasteiger partial charge in [-0.15, -0.1) is 0 Å². The van der Waals surface area contributed by atoms with Crippen LogP contribution in [0.3, 0.4) is 0 Å². The third-order valence-corrected chi connectivity index (χ3v) is 8.65. The number of para-hydroxylation sites is 1. The largest absolute Gasteiger partial charge is 0.490 e. The number of aliphatic hydroxyl groups excluding tert-OH is 1. The van der Waals surface area contributed by atoms with Crippen LogP contribution in [-0.2, 0) is 11.3 Å². The van der Waals surface area contributed by atoms with Crippen LogP contribution >= 0.6 is 46.4 Å². The Hall–Kier alpha value is -2.45. The van der Waals surface area contributed by atoms with Crippen molar-refractivity contribution in [2.45, 2.75) is 37.9 Å². The molecule has 1 atom stereocenters. The van der Waals surface area contributed by atoms with Crippen LogP contribution in [0.25, 0.3) is 5.57 Å². The Morgan fingerprint density at radius 3 is 2.24 bits per heavy atom. The van der Waals surface area contributed by atoms with E-state index in [2.05, 4.69) is 5.32 Å². The van der Waals surface area contributed by atoms with E-state index in [9.17, 15) is 9.90 Å². The first-order chi connectivity index (χ1) is 19.9. The molecule has 6 nitrogen and oxygen atoms in total. The number of benzene rings is 3. The van der Waals surface area contributed by atoms with Gasteiger partial charge in [-0.25, -0.2) is 0 Å². The monoisotopic (exact) mass is 634 g/mol. The summed E-state index contributed by atoms with van der Waals surface area (Å²) < 4.78 is 11.5. The number of rotatable bonds is 11. The average Bonchev–Trinajstić information content (AvgIpc) is 3.82. The van der Waals surface area contributed by atoms with Crippen molar-refractivity contribution in [2.24, 2.45) is 0 Å². The number of nitrogens with zero attached hydrogens (tertiary/aromatic N) is 1. The first-order valence-corrected chi connectivity index (χ1v) is 15.0. The molecule has 2 aliphatic rings. The quantitative estimate of drug-likeness (QED) is 0.221. The van der Waals surface area contributed by atoms with E-state index in [1.165, 1.54) is 0 Å². The van der Waals surface area contributed by atoms with Gasteiger partial charge >= 0.3 is 0 Å². The molecule has 1 fully saturated rings. The van der Waals surface area contributed by atoms with Gasteiger partial charge in [-0.3, -0.25) is 4.79 Å². The van der Waals surface area contributed by atoms with E-state index >= 15 is 0 Å². The smallest absolute Gasteiger partial charge is 0.252 e. The second kappa shape index (κ2) is 13.7. The zero-order chi connectivity index (χ0) is 28.9. The number of nitrogens with one attached hydrogen (secondary N) is 1. The van der Waals surface area contributed by atoms with Crippen molar-refractivity contribution in [3.05, 3.63) is 97.5 Å². The van der Waals surface area contributed by atoms with E-state index in [0.717, 1.165) is 29.5 Å². The maximum atomic E-state index is 14.1. The fraction of sp³-hybridized carbons (Fsp3) is 0.323. The van der Waals surface area contributed by atoms with E-state index < -0.39 is 6.04 Å². The molecule has 0 spiro atoms. The van der Waals surface area contributed by atoms with E-state index in [4.69, 9.17) is 55.9 Å². The summed E-state index contributed by atoms with van der Waals surface area (Å²) in [5.41, 5.74) is 3.21. The predicted molar refractivity (Wildman–Crippen MR) is 164 cm³/mol. The van der Waals surface area contributed by atoms with Crippen molar-refractivity contribution in [2.75, 3.05) is 26.4 Å². The van der Waals surface area contributed by atoms with Crippen LogP contribution in [0.2, 0.25) is 20.1 Å². The second-order valence-corrected chi connectivity index (χ2v) is 11.6. The summed E-state index contributed by atoms with van der Waals surface area (Å²) in [6, 6.07) is 17.9. The van der Waals surface area contributed by atoms with Gasteiger partial charge in [0.15, 0.2) is 5.75 Å². The molecular weight excluding hydrogens is 606 g/mol. The summed E-state index contributed by atoms with van der Waals surface area (Å²) in [7, 11) is 0. The maximum absolute atomic E-state index is 14.1. The van der Waals surface area contributed by atoms with Gasteiger partial charge in [0.25, 0.3) is 5.91 Å². The molecule has 1 saturated carbocycles. The molecule has 0 unspecified atom stereocenters. The van der Waals surface area contributed by atoms with Crippen LogP contribution in [0, 0.1) is 0 Å². The molecule has 0 radical (unpaired) electrons. The van der Waals surface area contributed by atoms with Crippen LogP contribution in [0.15, 0.2) is 66.2 Å². The summed E-state index contributed by atoms with van der Waals surface area (Å²) >= 11 is 25.0. The molecule has 0 saturated heterocycles. The summed E-state index contributed by atoms with van der Waals surface area (Å²) in [6.07, 6.45) is 2.52. The average molecular weight is 636 g/mol. The Kier molecular flexibility index (Phi) is 10.0. The number of hydrogen-bond donors (Lipinski definition) is 2.